The summed E-state index contributed by atoms with van der Waals surface area (Å²) in [6, 6.07) is 0. The van der Waals surface area contributed by atoms with E-state index in [0.717, 1.165) is 50.7 Å². The Bertz CT molecular complexity index is 803. The lowest BCUT2D eigenvalue weighted by Crippen LogP contribution is -2.22. The standard InChI is InChI=1S/C22H33N3O2S/c1-15(2)27-13-20-23-21(25(24-20)12-16-6-9-26-10-7-16)18-14-28-19-11-22(3,4)8-5-17(18)19/h14-16H,5-13H2,1-4H3. The topological polar surface area (TPSA) is 49.2 Å². The average Bonchev–Trinajstić information content (AvgIpc) is 3.23. The molecule has 0 radical (unpaired) electrons. The monoisotopic (exact) mass is 403 g/mol. The molecule has 2 aromatic rings. The highest BCUT2D eigenvalue weighted by atomic mass is 32.1. The van der Waals surface area contributed by atoms with E-state index in [4.69, 9.17) is 19.6 Å². The zero-order chi connectivity index (χ0) is 19.7. The van der Waals surface area contributed by atoms with Gasteiger partial charge in [-0.3, -0.25) is 0 Å². The zero-order valence-corrected chi connectivity index (χ0v) is 18.5. The number of aromatic nitrogens is 3. The molecule has 0 spiro atoms. The fourth-order valence-corrected chi connectivity index (χ4v) is 5.55. The number of thiophene rings is 1. The number of rotatable bonds is 6. The molecule has 2 aliphatic rings. The van der Waals surface area contributed by atoms with Gasteiger partial charge in [0, 0.05) is 35.6 Å². The quantitative estimate of drug-likeness (QED) is 0.690. The molecule has 154 valence electrons. The van der Waals surface area contributed by atoms with E-state index >= 15 is 0 Å². The Balaban J connectivity index is 1.64. The van der Waals surface area contributed by atoms with E-state index in [0.29, 0.717) is 17.9 Å². The Labute approximate surface area is 172 Å². The molecule has 1 aliphatic carbocycles. The molecule has 0 bridgehead atoms. The summed E-state index contributed by atoms with van der Waals surface area (Å²) in [5.41, 5.74) is 3.20. The molecule has 0 saturated carbocycles. The maximum Gasteiger partial charge on any atom is 0.176 e. The molecule has 4 rings (SSSR count). The third-order valence-electron chi connectivity index (χ3n) is 5.95. The lowest BCUT2D eigenvalue weighted by molar-refractivity contribution is 0.0575. The van der Waals surface area contributed by atoms with Crippen LogP contribution in [0.2, 0.25) is 0 Å². The van der Waals surface area contributed by atoms with Crippen molar-refractivity contribution in [3.8, 4) is 11.4 Å². The van der Waals surface area contributed by atoms with Gasteiger partial charge in [-0.15, -0.1) is 11.3 Å². The third kappa shape index (κ3) is 4.50. The number of ether oxygens (including phenoxy) is 2. The van der Waals surface area contributed by atoms with Gasteiger partial charge in [0.1, 0.15) is 6.61 Å². The molecule has 3 heterocycles. The number of hydrogen-bond donors (Lipinski definition) is 0. The van der Waals surface area contributed by atoms with Crippen molar-refractivity contribution in [2.45, 2.75) is 79.1 Å². The minimum absolute atomic E-state index is 0.182. The third-order valence-corrected chi connectivity index (χ3v) is 6.97. The summed E-state index contributed by atoms with van der Waals surface area (Å²) >= 11 is 1.90. The summed E-state index contributed by atoms with van der Waals surface area (Å²) in [5, 5.41) is 7.16. The molecule has 0 atom stereocenters. The highest BCUT2D eigenvalue weighted by Gasteiger charge is 2.30. The van der Waals surface area contributed by atoms with Crippen LogP contribution in [0.4, 0.5) is 0 Å². The van der Waals surface area contributed by atoms with Gasteiger partial charge in [-0.05, 0) is 62.8 Å². The van der Waals surface area contributed by atoms with Gasteiger partial charge in [-0.25, -0.2) is 9.67 Å². The van der Waals surface area contributed by atoms with Gasteiger partial charge < -0.3 is 9.47 Å². The van der Waals surface area contributed by atoms with Crippen molar-refractivity contribution in [3.63, 3.8) is 0 Å². The predicted octanol–water partition coefficient (Wildman–Crippen LogP) is 4.87. The van der Waals surface area contributed by atoms with Crippen LogP contribution in [0.5, 0.6) is 0 Å². The van der Waals surface area contributed by atoms with Gasteiger partial charge in [0.15, 0.2) is 11.6 Å². The molecule has 1 saturated heterocycles. The molecule has 1 fully saturated rings. The molecule has 0 aromatic carbocycles. The second kappa shape index (κ2) is 8.25. The summed E-state index contributed by atoms with van der Waals surface area (Å²) < 4.78 is 13.5. The molecule has 0 unspecified atom stereocenters. The molecule has 6 heteroatoms. The lowest BCUT2D eigenvalue weighted by atomic mass is 9.77. The first-order chi connectivity index (χ1) is 13.4. The maximum absolute atomic E-state index is 5.79. The molecule has 1 aliphatic heterocycles. The number of hydrogen-bond acceptors (Lipinski definition) is 5. The molecule has 0 amide bonds. The van der Waals surface area contributed by atoms with Crippen LogP contribution >= 0.6 is 11.3 Å². The van der Waals surface area contributed by atoms with E-state index in [1.165, 1.54) is 28.8 Å². The highest BCUT2D eigenvalue weighted by molar-refractivity contribution is 7.10. The van der Waals surface area contributed by atoms with E-state index in [2.05, 4.69) is 37.8 Å². The smallest absolute Gasteiger partial charge is 0.176 e. The first kappa shape index (κ1) is 20.0. The van der Waals surface area contributed by atoms with Crippen LogP contribution in [0.15, 0.2) is 5.38 Å². The highest BCUT2D eigenvalue weighted by Crippen LogP contribution is 2.42. The Morgan fingerprint density at radius 1 is 1.32 bits per heavy atom. The fraction of sp³-hybridized carbons (Fsp3) is 0.727. The summed E-state index contributed by atoms with van der Waals surface area (Å²) in [6.45, 7) is 12.0. The minimum atomic E-state index is 0.182. The second-order valence-electron chi connectivity index (χ2n) is 9.34. The first-order valence-corrected chi connectivity index (χ1v) is 11.5. The van der Waals surface area contributed by atoms with Gasteiger partial charge in [0.05, 0.1) is 6.10 Å². The largest absolute Gasteiger partial charge is 0.381 e. The van der Waals surface area contributed by atoms with Crippen molar-refractivity contribution in [2.24, 2.45) is 11.3 Å². The van der Waals surface area contributed by atoms with Crippen molar-refractivity contribution < 1.29 is 9.47 Å². The van der Waals surface area contributed by atoms with E-state index in [1.54, 1.807) is 0 Å². The average molecular weight is 404 g/mol. The SMILES string of the molecule is CC(C)OCc1nc(-c2csc3c2CCC(C)(C)C3)n(CC2CCOCC2)n1. The summed E-state index contributed by atoms with van der Waals surface area (Å²) in [6.07, 6.45) is 5.94. The Morgan fingerprint density at radius 3 is 2.86 bits per heavy atom. The Kier molecular flexibility index (Phi) is 5.91. The molecule has 5 nitrogen and oxygen atoms in total. The van der Waals surface area contributed by atoms with Gasteiger partial charge in [-0.2, -0.15) is 5.10 Å². The van der Waals surface area contributed by atoms with E-state index in [1.807, 2.05) is 11.3 Å². The van der Waals surface area contributed by atoms with Crippen molar-refractivity contribution in [2.75, 3.05) is 13.2 Å². The summed E-state index contributed by atoms with van der Waals surface area (Å²) in [4.78, 5) is 6.47. The summed E-state index contributed by atoms with van der Waals surface area (Å²) in [7, 11) is 0. The van der Waals surface area contributed by atoms with Crippen molar-refractivity contribution >= 4 is 11.3 Å². The predicted molar refractivity (Wildman–Crippen MR) is 113 cm³/mol. The van der Waals surface area contributed by atoms with Crippen LogP contribution in [0.1, 0.15) is 63.2 Å². The van der Waals surface area contributed by atoms with Crippen LogP contribution in [-0.4, -0.2) is 34.1 Å². The van der Waals surface area contributed by atoms with Crippen molar-refractivity contribution in [1.82, 2.24) is 14.8 Å². The fourth-order valence-electron chi connectivity index (χ4n) is 4.21. The lowest BCUT2D eigenvalue weighted by Gasteiger charge is -2.29. The Morgan fingerprint density at radius 2 is 2.11 bits per heavy atom. The van der Waals surface area contributed by atoms with Crippen LogP contribution in [-0.2, 0) is 35.5 Å². The Hall–Kier alpha value is -1.24. The summed E-state index contributed by atoms with van der Waals surface area (Å²) in [5.74, 6) is 2.44. The molecular formula is C22H33N3O2S. The van der Waals surface area contributed by atoms with Crippen LogP contribution in [0.3, 0.4) is 0 Å². The van der Waals surface area contributed by atoms with Gasteiger partial charge in [0.25, 0.3) is 0 Å². The van der Waals surface area contributed by atoms with Crippen LogP contribution in [0.25, 0.3) is 11.4 Å². The number of nitrogens with zero attached hydrogens (tertiary/aromatic N) is 3. The van der Waals surface area contributed by atoms with E-state index < -0.39 is 0 Å². The van der Waals surface area contributed by atoms with E-state index in [9.17, 15) is 0 Å². The number of fused-ring (bicyclic) bond motifs is 1. The van der Waals surface area contributed by atoms with Crippen molar-refractivity contribution in [1.29, 1.82) is 0 Å². The molecule has 28 heavy (non-hydrogen) atoms. The molecule has 0 N–H and O–H groups in total. The first-order valence-electron chi connectivity index (χ1n) is 10.6. The minimum Gasteiger partial charge on any atom is -0.381 e. The van der Waals surface area contributed by atoms with Gasteiger partial charge in [-0.1, -0.05) is 13.8 Å². The molecule has 2 aromatic heterocycles. The second-order valence-corrected chi connectivity index (χ2v) is 10.3. The zero-order valence-electron chi connectivity index (χ0n) is 17.7. The molecular weight excluding hydrogens is 370 g/mol. The normalized spacial score (nSPS) is 19.9. The van der Waals surface area contributed by atoms with Crippen molar-refractivity contribution in [3.05, 3.63) is 21.6 Å². The van der Waals surface area contributed by atoms with Gasteiger partial charge in [0.2, 0.25) is 0 Å². The maximum atomic E-state index is 5.79. The van der Waals surface area contributed by atoms with Gasteiger partial charge >= 0.3 is 0 Å². The van der Waals surface area contributed by atoms with E-state index in [-0.39, 0.29) is 6.10 Å². The van der Waals surface area contributed by atoms with Crippen LogP contribution in [0, 0.1) is 11.3 Å². The van der Waals surface area contributed by atoms with Crippen LogP contribution < -0.4 is 0 Å².